The van der Waals surface area contributed by atoms with Gasteiger partial charge in [-0.2, -0.15) is 4.98 Å². The van der Waals surface area contributed by atoms with E-state index in [4.69, 9.17) is 20.9 Å². The predicted octanol–water partition coefficient (Wildman–Crippen LogP) is 4.98. The second kappa shape index (κ2) is 8.49. The summed E-state index contributed by atoms with van der Waals surface area (Å²) in [6, 6.07) is 12.5. The Morgan fingerprint density at radius 2 is 2.03 bits per heavy atom. The van der Waals surface area contributed by atoms with Gasteiger partial charge >= 0.3 is 0 Å². The maximum Gasteiger partial charge on any atom is 0.262 e. The van der Waals surface area contributed by atoms with Crippen molar-refractivity contribution < 1.29 is 9.26 Å². The first-order chi connectivity index (χ1) is 14.5. The van der Waals surface area contributed by atoms with E-state index in [-0.39, 0.29) is 11.6 Å². The molecule has 0 unspecified atom stereocenters. The maximum atomic E-state index is 13.0. The summed E-state index contributed by atoms with van der Waals surface area (Å²) in [5, 5.41) is 5.70. The third kappa shape index (κ3) is 4.06. The van der Waals surface area contributed by atoms with Crippen LogP contribution in [0, 0.1) is 0 Å². The van der Waals surface area contributed by atoms with E-state index >= 15 is 0 Å². The van der Waals surface area contributed by atoms with Gasteiger partial charge < -0.3 is 9.26 Å². The average molecular weight is 443 g/mol. The van der Waals surface area contributed by atoms with Gasteiger partial charge in [-0.3, -0.25) is 9.36 Å². The zero-order valence-electron chi connectivity index (χ0n) is 16.6. The molecule has 7 nitrogen and oxygen atoms in total. The molecule has 0 fully saturated rings. The van der Waals surface area contributed by atoms with E-state index in [0.29, 0.717) is 44.3 Å². The summed E-state index contributed by atoms with van der Waals surface area (Å²) in [6.07, 6.45) is 0. The highest BCUT2D eigenvalue weighted by molar-refractivity contribution is 7.98. The highest BCUT2D eigenvalue weighted by atomic mass is 35.5. The summed E-state index contributed by atoms with van der Waals surface area (Å²) in [5.74, 6) is 2.01. The molecule has 0 aliphatic heterocycles. The normalized spacial score (nSPS) is 11.4. The lowest BCUT2D eigenvalue weighted by Gasteiger charge is -2.15. The lowest BCUT2D eigenvalue weighted by Crippen LogP contribution is -2.25. The summed E-state index contributed by atoms with van der Waals surface area (Å²) in [4.78, 5) is 22.1. The van der Waals surface area contributed by atoms with E-state index in [1.807, 2.05) is 38.1 Å². The van der Waals surface area contributed by atoms with Crippen LogP contribution in [-0.4, -0.2) is 26.8 Å². The van der Waals surface area contributed by atoms with Crippen LogP contribution in [0.25, 0.3) is 22.3 Å². The van der Waals surface area contributed by atoms with Gasteiger partial charge in [0.15, 0.2) is 5.16 Å². The van der Waals surface area contributed by atoms with Gasteiger partial charge in [0.25, 0.3) is 5.56 Å². The Bertz CT molecular complexity index is 1270. The minimum Gasteiger partial charge on any atom is -0.497 e. The summed E-state index contributed by atoms with van der Waals surface area (Å²) in [7, 11) is 1.61. The largest absolute Gasteiger partial charge is 0.497 e. The fraction of sp³-hybridized carbons (Fsp3) is 0.238. The van der Waals surface area contributed by atoms with Crippen LogP contribution in [0.15, 0.2) is 56.9 Å². The Kier molecular flexibility index (Phi) is 5.78. The zero-order valence-corrected chi connectivity index (χ0v) is 18.2. The highest BCUT2D eigenvalue weighted by Gasteiger charge is 2.16. The van der Waals surface area contributed by atoms with Crippen molar-refractivity contribution in [1.29, 1.82) is 0 Å². The fourth-order valence-electron chi connectivity index (χ4n) is 3.03. The zero-order chi connectivity index (χ0) is 21.3. The number of ether oxygens (including phenoxy) is 1. The van der Waals surface area contributed by atoms with Crippen LogP contribution in [0.5, 0.6) is 5.75 Å². The Hall–Kier alpha value is -2.84. The molecule has 2 aromatic heterocycles. The van der Waals surface area contributed by atoms with Gasteiger partial charge in [-0.15, -0.1) is 0 Å². The molecular weight excluding hydrogens is 424 g/mol. The summed E-state index contributed by atoms with van der Waals surface area (Å²) in [5.41, 5.74) is 1.26. The number of methoxy groups -OCH3 is 1. The maximum absolute atomic E-state index is 13.0. The molecule has 0 atom stereocenters. The second-order valence-corrected chi connectivity index (χ2v) is 8.24. The van der Waals surface area contributed by atoms with Crippen LogP contribution in [0.4, 0.5) is 0 Å². The van der Waals surface area contributed by atoms with E-state index < -0.39 is 0 Å². The van der Waals surface area contributed by atoms with E-state index in [1.165, 1.54) is 11.8 Å². The first-order valence-corrected chi connectivity index (χ1v) is 10.6. The van der Waals surface area contributed by atoms with Gasteiger partial charge in [-0.1, -0.05) is 40.7 Å². The molecule has 2 heterocycles. The molecule has 0 spiro atoms. The number of halogens is 1. The molecule has 4 rings (SSSR count). The number of benzene rings is 2. The van der Waals surface area contributed by atoms with Gasteiger partial charge in [0.2, 0.25) is 11.7 Å². The van der Waals surface area contributed by atoms with Crippen LogP contribution in [0.1, 0.15) is 25.8 Å². The van der Waals surface area contributed by atoms with Crippen LogP contribution in [0.2, 0.25) is 5.02 Å². The third-order valence-electron chi connectivity index (χ3n) is 4.47. The molecule has 0 N–H and O–H groups in total. The molecule has 0 bridgehead atoms. The van der Waals surface area contributed by atoms with Gasteiger partial charge in [0, 0.05) is 16.6 Å². The van der Waals surface area contributed by atoms with E-state index in [1.54, 1.807) is 29.9 Å². The Morgan fingerprint density at radius 3 is 2.80 bits per heavy atom. The SMILES string of the molecule is COc1cccc(-c2noc(CSc3nc4cc(Cl)ccc4c(=O)n3C(C)C)n2)c1. The topological polar surface area (TPSA) is 83.0 Å². The summed E-state index contributed by atoms with van der Waals surface area (Å²) in [6.45, 7) is 3.89. The Morgan fingerprint density at radius 1 is 1.20 bits per heavy atom. The van der Waals surface area contributed by atoms with Crippen molar-refractivity contribution in [2.45, 2.75) is 30.8 Å². The number of fused-ring (bicyclic) bond motifs is 1. The van der Waals surface area contributed by atoms with Crippen molar-refractivity contribution in [3.63, 3.8) is 0 Å². The second-order valence-electron chi connectivity index (χ2n) is 6.86. The molecule has 0 radical (unpaired) electrons. The first kappa shape index (κ1) is 20.4. The van der Waals surface area contributed by atoms with Gasteiger partial charge in [-0.05, 0) is 44.2 Å². The third-order valence-corrected chi connectivity index (χ3v) is 5.64. The molecule has 30 heavy (non-hydrogen) atoms. The van der Waals surface area contributed by atoms with E-state index in [0.717, 1.165) is 5.56 Å². The number of nitrogens with zero attached hydrogens (tertiary/aromatic N) is 4. The molecule has 4 aromatic rings. The predicted molar refractivity (Wildman–Crippen MR) is 117 cm³/mol. The van der Waals surface area contributed by atoms with Crippen LogP contribution < -0.4 is 10.3 Å². The number of rotatable bonds is 6. The molecule has 0 aliphatic carbocycles. The number of aromatic nitrogens is 4. The first-order valence-electron chi connectivity index (χ1n) is 9.28. The van der Waals surface area contributed by atoms with Crippen molar-refractivity contribution in [3.05, 3.63) is 63.7 Å². The molecule has 0 amide bonds. The summed E-state index contributed by atoms with van der Waals surface area (Å²) < 4.78 is 12.3. The molecule has 0 saturated heterocycles. The molecule has 154 valence electrons. The number of hydrogen-bond donors (Lipinski definition) is 0. The van der Waals surface area contributed by atoms with E-state index in [2.05, 4.69) is 15.1 Å². The smallest absolute Gasteiger partial charge is 0.262 e. The molecule has 9 heteroatoms. The lowest BCUT2D eigenvalue weighted by molar-refractivity contribution is 0.391. The summed E-state index contributed by atoms with van der Waals surface area (Å²) >= 11 is 7.45. The van der Waals surface area contributed by atoms with Crippen LogP contribution >= 0.6 is 23.4 Å². The van der Waals surface area contributed by atoms with Crippen molar-refractivity contribution in [3.8, 4) is 17.1 Å². The highest BCUT2D eigenvalue weighted by Crippen LogP contribution is 2.27. The monoisotopic (exact) mass is 442 g/mol. The minimum atomic E-state index is -0.100. The number of hydrogen-bond acceptors (Lipinski definition) is 7. The van der Waals surface area contributed by atoms with Gasteiger partial charge in [0.1, 0.15) is 5.75 Å². The van der Waals surface area contributed by atoms with Crippen molar-refractivity contribution >= 4 is 34.3 Å². The van der Waals surface area contributed by atoms with Crippen molar-refractivity contribution in [2.24, 2.45) is 0 Å². The quantitative estimate of drug-likeness (QED) is 0.307. The average Bonchev–Trinajstić information content (AvgIpc) is 3.21. The molecule has 2 aromatic carbocycles. The molecule has 0 saturated carbocycles. The number of thioether (sulfide) groups is 1. The van der Waals surface area contributed by atoms with Gasteiger partial charge in [0.05, 0.1) is 23.8 Å². The minimum absolute atomic E-state index is 0.0531. The van der Waals surface area contributed by atoms with Gasteiger partial charge in [-0.25, -0.2) is 4.98 Å². The van der Waals surface area contributed by atoms with Crippen molar-refractivity contribution in [2.75, 3.05) is 7.11 Å². The van der Waals surface area contributed by atoms with Crippen LogP contribution in [-0.2, 0) is 5.75 Å². The molecule has 0 aliphatic rings. The lowest BCUT2D eigenvalue weighted by atomic mass is 10.2. The van der Waals surface area contributed by atoms with Crippen LogP contribution in [0.3, 0.4) is 0 Å². The fourth-order valence-corrected chi connectivity index (χ4v) is 4.16. The standard InChI is InChI=1S/C21H19ClN4O3S/c1-12(2)26-20(27)16-8-7-14(22)10-17(16)23-21(26)30-11-18-24-19(25-29-18)13-5-4-6-15(9-13)28-3/h4-10,12H,11H2,1-3H3. The Labute approximate surface area is 182 Å². The Balaban J connectivity index is 1.63. The van der Waals surface area contributed by atoms with Crippen molar-refractivity contribution in [1.82, 2.24) is 19.7 Å². The van der Waals surface area contributed by atoms with E-state index in [9.17, 15) is 4.79 Å². The molecular formula is C21H19ClN4O3S.